The molecule has 0 aliphatic carbocycles. The Bertz CT molecular complexity index is 812. The summed E-state index contributed by atoms with van der Waals surface area (Å²) in [5, 5.41) is 12.6. The van der Waals surface area contributed by atoms with E-state index in [1.807, 2.05) is 0 Å². The van der Waals surface area contributed by atoms with Crippen molar-refractivity contribution in [2.75, 3.05) is 5.32 Å². The summed E-state index contributed by atoms with van der Waals surface area (Å²) in [5.74, 6) is -0.593. The SMILES string of the molecule is CCCCc1nnc(NC(=O)c2cc3c(F)cccc3s2)s1. The number of rotatable bonds is 5. The lowest BCUT2D eigenvalue weighted by atomic mass is 10.2. The summed E-state index contributed by atoms with van der Waals surface area (Å²) >= 11 is 2.65. The predicted octanol–water partition coefficient (Wildman–Crippen LogP) is 4.49. The number of hydrogen-bond acceptors (Lipinski definition) is 5. The van der Waals surface area contributed by atoms with E-state index in [2.05, 4.69) is 22.4 Å². The van der Waals surface area contributed by atoms with Crippen molar-refractivity contribution < 1.29 is 9.18 Å². The molecule has 0 saturated heterocycles. The number of amides is 1. The number of fused-ring (bicyclic) bond motifs is 1. The van der Waals surface area contributed by atoms with Crippen molar-refractivity contribution in [3.63, 3.8) is 0 Å². The number of anilines is 1. The number of unbranched alkanes of at least 4 members (excludes halogenated alkanes) is 1. The van der Waals surface area contributed by atoms with Gasteiger partial charge in [0, 0.05) is 16.5 Å². The monoisotopic (exact) mass is 335 g/mol. The molecule has 22 heavy (non-hydrogen) atoms. The standard InChI is InChI=1S/C15H14FN3OS2/c1-2-3-7-13-18-19-15(22-13)17-14(20)12-8-9-10(16)5-4-6-11(9)21-12/h4-6,8H,2-3,7H2,1H3,(H,17,19,20). The van der Waals surface area contributed by atoms with Gasteiger partial charge in [-0.15, -0.1) is 21.5 Å². The zero-order valence-electron chi connectivity index (χ0n) is 11.9. The molecule has 2 aromatic heterocycles. The van der Waals surface area contributed by atoms with Gasteiger partial charge >= 0.3 is 0 Å². The third kappa shape index (κ3) is 3.15. The number of nitrogens with zero attached hydrogens (tertiary/aromatic N) is 2. The number of aromatic nitrogens is 2. The van der Waals surface area contributed by atoms with Gasteiger partial charge in [0.25, 0.3) is 5.91 Å². The van der Waals surface area contributed by atoms with Crippen molar-refractivity contribution in [1.29, 1.82) is 0 Å². The van der Waals surface area contributed by atoms with Crippen LogP contribution >= 0.6 is 22.7 Å². The maximum absolute atomic E-state index is 13.7. The van der Waals surface area contributed by atoms with Gasteiger partial charge < -0.3 is 0 Å². The molecule has 0 fully saturated rings. The van der Waals surface area contributed by atoms with Crippen LogP contribution in [0.1, 0.15) is 34.4 Å². The van der Waals surface area contributed by atoms with Crippen molar-refractivity contribution in [1.82, 2.24) is 10.2 Å². The number of carbonyl (C=O) groups is 1. The number of thiophene rings is 1. The second kappa shape index (κ2) is 6.50. The molecule has 3 aromatic rings. The van der Waals surface area contributed by atoms with Crippen LogP contribution in [0.5, 0.6) is 0 Å². The number of aryl methyl sites for hydroxylation is 1. The van der Waals surface area contributed by atoms with Gasteiger partial charge in [0.05, 0.1) is 4.88 Å². The first kappa shape index (κ1) is 15.1. The number of halogens is 1. The van der Waals surface area contributed by atoms with E-state index in [0.717, 1.165) is 29.0 Å². The average molecular weight is 335 g/mol. The molecule has 3 rings (SSSR count). The van der Waals surface area contributed by atoms with Crippen LogP contribution in [-0.2, 0) is 6.42 Å². The maximum Gasteiger partial charge on any atom is 0.267 e. The summed E-state index contributed by atoms with van der Waals surface area (Å²) in [5.41, 5.74) is 0. The third-order valence-corrected chi connectivity index (χ3v) is 5.16. The fourth-order valence-corrected chi connectivity index (χ4v) is 3.78. The molecule has 1 aromatic carbocycles. The number of benzene rings is 1. The molecule has 0 bridgehead atoms. The highest BCUT2D eigenvalue weighted by molar-refractivity contribution is 7.21. The molecule has 2 heterocycles. The van der Waals surface area contributed by atoms with E-state index in [1.165, 1.54) is 28.7 Å². The van der Waals surface area contributed by atoms with Crippen LogP contribution in [0.15, 0.2) is 24.3 Å². The highest BCUT2D eigenvalue weighted by atomic mass is 32.1. The van der Waals surface area contributed by atoms with Crippen LogP contribution < -0.4 is 5.32 Å². The van der Waals surface area contributed by atoms with Crippen molar-refractivity contribution in [3.8, 4) is 0 Å². The average Bonchev–Trinajstić information content (AvgIpc) is 3.12. The van der Waals surface area contributed by atoms with Crippen LogP contribution in [0.25, 0.3) is 10.1 Å². The highest BCUT2D eigenvalue weighted by Gasteiger charge is 2.14. The van der Waals surface area contributed by atoms with Gasteiger partial charge in [-0.05, 0) is 24.6 Å². The topological polar surface area (TPSA) is 54.9 Å². The third-order valence-electron chi connectivity index (χ3n) is 3.16. The molecule has 0 saturated carbocycles. The van der Waals surface area contributed by atoms with Gasteiger partial charge in [-0.3, -0.25) is 10.1 Å². The second-order valence-corrected chi connectivity index (χ2v) is 6.97. The van der Waals surface area contributed by atoms with E-state index in [-0.39, 0.29) is 11.7 Å². The van der Waals surface area contributed by atoms with E-state index >= 15 is 0 Å². The molecule has 0 aliphatic heterocycles. The first-order chi connectivity index (χ1) is 10.7. The van der Waals surface area contributed by atoms with Gasteiger partial charge in [0.1, 0.15) is 10.8 Å². The Balaban J connectivity index is 1.75. The lowest BCUT2D eigenvalue weighted by Crippen LogP contribution is -2.09. The summed E-state index contributed by atoms with van der Waals surface area (Å²) in [4.78, 5) is 12.7. The molecule has 1 N–H and O–H groups in total. The Morgan fingerprint density at radius 2 is 2.18 bits per heavy atom. The molecule has 0 aliphatic rings. The van der Waals surface area contributed by atoms with Crippen LogP contribution in [0.4, 0.5) is 9.52 Å². The van der Waals surface area contributed by atoms with Crippen molar-refractivity contribution in [3.05, 3.63) is 40.0 Å². The highest BCUT2D eigenvalue weighted by Crippen LogP contribution is 2.28. The Labute approximate surface area is 135 Å². The van der Waals surface area contributed by atoms with E-state index in [1.54, 1.807) is 18.2 Å². The Morgan fingerprint density at radius 3 is 2.95 bits per heavy atom. The molecule has 4 nitrogen and oxygen atoms in total. The Hall–Kier alpha value is -1.86. The number of carbonyl (C=O) groups excluding carboxylic acids is 1. The minimum atomic E-state index is -0.314. The number of nitrogens with one attached hydrogen (secondary N) is 1. The van der Waals surface area contributed by atoms with Crippen molar-refractivity contribution in [2.45, 2.75) is 26.2 Å². The largest absolute Gasteiger partial charge is 0.296 e. The quantitative estimate of drug-likeness (QED) is 0.747. The maximum atomic E-state index is 13.7. The van der Waals surface area contributed by atoms with Crippen LogP contribution in [0.3, 0.4) is 0 Å². The van der Waals surface area contributed by atoms with Crippen molar-refractivity contribution in [2.24, 2.45) is 0 Å². The molecule has 0 spiro atoms. The Kier molecular flexibility index (Phi) is 4.44. The van der Waals surface area contributed by atoms with Crippen LogP contribution in [0, 0.1) is 5.82 Å². The summed E-state index contributed by atoms with van der Waals surface area (Å²) in [7, 11) is 0. The predicted molar refractivity (Wildman–Crippen MR) is 88.3 cm³/mol. The lowest BCUT2D eigenvalue weighted by molar-refractivity contribution is 0.103. The molecular weight excluding hydrogens is 321 g/mol. The van der Waals surface area contributed by atoms with Crippen LogP contribution in [0.2, 0.25) is 0 Å². The zero-order valence-corrected chi connectivity index (χ0v) is 13.6. The minimum absolute atomic E-state index is 0.279. The molecular formula is C15H14FN3OS2. The second-order valence-electron chi connectivity index (χ2n) is 4.82. The van der Waals surface area contributed by atoms with Gasteiger partial charge in [-0.2, -0.15) is 0 Å². The Morgan fingerprint density at radius 1 is 1.32 bits per heavy atom. The van der Waals surface area contributed by atoms with E-state index in [0.29, 0.717) is 15.4 Å². The normalized spacial score (nSPS) is 11.0. The summed E-state index contributed by atoms with van der Waals surface area (Å²) in [6.07, 6.45) is 3.02. The molecule has 7 heteroatoms. The van der Waals surface area contributed by atoms with Gasteiger partial charge in [0.2, 0.25) is 5.13 Å². The lowest BCUT2D eigenvalue weighted by Gasteiger charge is -1.96. The molecule has 1 amide bonds. The van der Waals surface area contributed by atoms with E-state index in [4.69, 9.17) is 0 Å². The minimum Gasteiger partial charge on any atom is -0.296 e. The summed E-state index contributed by atoms with van der Waals surface area (Å²) in [6, 6.07) is 6.40. The molecule has 0 radical (unpaired) electrons. The fraction of sp³-hybridized carbons (Fsp3) is 0.267. The fourth-order valence-electron chi connectivity index (χ4n) is 2.03. The molecule has 0 unspecified atom stereocenters. The van der Waals surface area contributed by atoms with Crippen molar-refractivity contribution >= 4 is 43.8 Å². The summed E-state index contributed by atoms with van der Waals surface area (Å²) < 4.78 is 14.4. The van der Waals surface area contributed by atoms with E-state index < -0.39 is 0 Å². The van der Waals surface area contributed by atoms with Gasteiger partial charge in [0.15, 0.2) is 0 Å². The zero-order chi connectivity index (χ0) is 15.5. The van der Waals surface area contributed by atoms with Gasteiger partial charge in [-0.25, -0.2) is 4.39 Å². The van der Waals surface area contributed by atoms with Gasteiger partial charge in [-0.1, -0.05) is 30.7 Å². The van der Waals surface area contributed by atoms with Crippen LogP contribution in [-0.4, -0.2) is 16.1 Å². The first-order valence-electron chi connectivity index (χ1n) is 6.99. The first-order valence-corrected chi connectivity index (χ1v) is 8.62. The number of hydrogen-bond donors (Lipinski definition) is 1. The van der Waals surface area contributed by atoms with E-state index in [9.17, 15) is 9.18 Å². The summed E-state index contributed by atoms with van der Waals surface area (Å²) in [6.45, 7) is 2.12. The smallest absolute Gasteiger partial charge is 0.267 e. The molecule has 114 valence electrons. The molecule has 0 atom stereocenters.